The van der Waals surface area contributed by atoms with E-state index in [9.17, 15) is 4.79 Å². The van der Waals surface area contributed by atoms with E-state index in [0.717, 1.165) is 22.4 Å². The summed E-state index contributed by atoms with van der Waals surface area (Å²) in [5.74, 6) is 0.738. The number of nitrogens with zero attached hydrogens (tertiary/aromatic N) is 4. The molecule has 0 fully saturated rings. The highest BCUT2D eigenvalue weighted by Crippen LogP contribution is 2.25. The van der Waals surface area contributed by atoms with Gasteiger partial charge < -0.3 is 14.2 Å². The highest BCUT2D eigenvalue weighted by molar-refractivity contribution is 7.99. The van der Waals surface area contributed by atoms with Gasteiger partial charge in [-0.3, -0.25) is 4.79 Å². The monoisotopic (exact) mass is 396 g/mol. The van der Waals surface area contributed by atoms with Gasteiger partial charge in [-0.05, 0) is 36.2 Å². The molecular formula is C21H24N4O2S. The molecule has 7 heteroatoms. The van der Waals surface area contributed by atoms with Crippen LogP contribution in [0, 0.1) is 6.92 Å². The molecule has 0 bridgehead atoms. The van der Waals surface area contributed by atoms with E-state index in [1.54, 1.807) is 11.9 Å². The normalized spacial score (nSPS) is 10.7. The molecule has 0 saturated carbocycles. The van der Waals surface area contributed by atoms with Crippen molar-refractivity contribution in [2.45, 2.75) is 18.7 Å². The maximum Gasteiger partial charge on any atom is 0.277 e. The van der Waals surface area contributed by atoms with Crippen molar-refractivity contribution >= 4 is 23.4 Å². The molecule has 146 valence electrons. The zero-order chi connectivity index (χ0) is 20.1. The number of rotatable bonds is 7. The summed E-state index contributed by atoms with van der Waals surface area (Å²) in [5.41, 5.74) is 4.20. The third kappa shape index (κ3) is 4.92. The van der Waals surface area contributed by atoms with E-state index in [2.05, 4.69) is 10.2 Å². The zero-order valence-electron chi connectivity index (χ0n) is 16.5. The fourth-order valence-electron chi connectivity index (χ4n) is 2.69. The summed E-state index contributed by atoms with van der Waals surface area (Å²) < 4.78 is 5.70. The Morgan fingerprint density at radius 1 is 1.04 bits per heavy atom. The Hall–Kier alpha value is -2.80. The Balaban J connectivity index is 1.54. The third-order valence-corrected chi connectivity index (χ3v) is 5.20. The first kappa shape index (κ1) is 19.9. The molecule has 1 aromatic heterocycles. The van der Waals surface area contributed by atoms with Crippen LogP contribution in [-0.4, -0.2) is 47.9 Å². The molecule has 0 unspecified atom stereocenters. The average Bonchev–Trinajstić information content (AvgIpc) is 3.15. The minimum absolute atomic E-state index is 0.0114. The molecule has 0 aliphatic rings. The third-order valence-electron chi connectivity index (χ3n) is 4.40. The van der Waals surface area contributed by atoms with E-state index >= 15 is 0 Å². The predicted molar refractivity (Wildman–Crippen MR) is 112 cm³/mol. The number of thioether (sulfide) groups is 1. The molecular weight excluding hydrogens is 372 g/mol. The molecule has 6 nitrogen and oxygen atoms in total. The molecule has 0 saturated heterocycles. The number of hydrogen-bond donors (Lipinski definition) is 0. The van der Waals surface area contributed by atoms with E-state index in [0.29, 0.717) is 17.7 Å². The summed E-state index contributed by atoms with van der Waals surface area (Å²) in [5, 5.41) is 8.54. The molecule has 1 heterocycles. The summed E-state index contributed by atoms with van der Waals surface area (Å²) in [6.07, 6.45) is 0. The number of amides is 1. The van der Waals surface area contributed by atoms with Crippen molar-refractivity contribution in [1.82, 2.24) is 15.1 Å². The van der Waals surface area contributed by atoms with Gasteiger partial charge >= 0.3 is 0 Å². The van der Waals surface area contributed by atoms with Gasteiger partial charge in [-0.2, -0.15) is 0 Å². The van der Waals surface area contributed by atoms with E-state index in [1.807, 2.05) is 74.4 Å². The van der Waals surface area contributed by atoms with E-state index in [1.165, 1.54) is 11.8 Å². The van der Waals surface area contributed by atoms with Crippen molar-refractivity contribution in [3.63, 3.8) is 0 Å². The number of hydrogen-bond acceptors (Lipinski definition) is 6. The zero-order valence-corrected chi connectivity index (χ0v) is 17.4. The first-order chi connectivity index (χ1) is 13.4. The van der Waals surface area contributed by atoms with Crippen molar-refractivity contribution in [3.8, 4) is 11.5 Å². The molecule has 1 amide bonds. The van der Waals surface area contributed by atoms with Crippen molar-refractivity contribution < 1.29 is 9.21 Å². The highest BCUT2D eigenvalue weighted by Gasteiger charge is 2.15. The maximum atomic E-state index is 12.4. The number of aryl methyl sites for hydroxylation is 1. The van der Waals surface area contributed by atoms with Crippen molar-refractivity contribution in [3.05, 3.63) is 59.7 Å². The van der Waals surface area contributed by atoms with Crippen LogP contribution < -0.4 is 4.90 Å². The molecule has 2 aromatic carbocycles. The largest absolute Gasteiger partial charge is 0.411 e. The minimum Gasteiger partial charge on any atom is -0.411 e. The highest BCUT2D eigenvalue weighted by atomic mass is 32.2. The van der Waals surface area contributed by atoms with Gasteiger partial charge in [0.15, 0.2) is 0 Å². The molecule has 0 atom stereocenters. The van der Waals surface area contributed by atoms with Crippen LogP contribution >= 0.6 is 11.8 Å². The molecule has 3 rings (SSSR count). The van der Waals surface area contributed by atoms with Gasteiger partial charge in [0.05, 0.1) is 5.75 Å². The van der Waals surface area contributed by atoms with Gasteiger partial charge in [0.2, 0.25) is 11.8 Å². The summed E-state index contributed by atoms with van der Waals surface area (Å²) in [4.78, 5) is 16.2. The quantitative estimate of drug-likeness (QED) is 0.565. The van der Waals surface area contributed by atoms with E-state index < -0.39 is 0 Å². The Labute approximate surface area is 169 Å². The smallest absolute Gasteiger partial charge is 0.277 e. The maximum absolute atomic E-state index is 12.4. The number of aromatic nitrogens is 2. The molecule has 0 aliphatic carbocycles. The second kappa shape index (κ2) is 8.93. The van der Waals surface area contributed by atoms with Crippen LogP contribution in [0.15, 0.2) is 58.2 Å². The van der Waals surface area contributed by atoms with Crippen LogP contribution in [0.1, 0.15) is 11.1 Å². The van der Waals surface area contributed by atoms with Gasteiger partial charge in [-0.15, -0.1) is 10.2 Å². The first-order valence-electron chi connectivity index (χ1n) is 8.96. The van der Waals surface area contributed by atoms with Crippen LogP contribution in [0.25, 0.3) is 11.5 Å². The van der Waals surface area contributed by atoms with Crippen LogP contribution in [0.5, 0.6) is 0 Å². The fourth-order valence-corrected chi connectivity index (χ4v) is 3.39. The molecule has 28 heavy (non-hydrogen) atoms. The lowest BCUT2D eigenvalue weighted by Gasteiger charge is -2.18. The second-order valence-electron chi connectivity index (χ2n) is 6.79. The molecule has 0 aliphatic heterocycles. The number of carbonyl (C=O) groups excluding carboxylic acids is 1. The van der Waals surface area contributed by atoms with Gasteiger partial charge in [0, 0.05) is 38.9 Å². The lowest BCUT2D eigenvalue weighted by Crippen LogP contribution is -2.27. The molecule has 0 spiro atoms. The minimum atomic E-state index is 0.0114. The summed E-state index contributed by atoms with van der Waals surface area (Å²) in [6, 6.07) is 16.0. The molecule has 0 N–H and O–H groups in total. The number of benzene rings is 2. The fraction of sp³-hybridized carbons (Fsp3) is 0.286. The SMILES string of the molecule is Cc1ccccc1-c1nnc(SCC(=O)N(C)Cc2ccc(N(C)C)cc2)o1. The van der Waals surface area contributed by atoms with Gasteiger partial charge in [-0.25, -0.2) is 0 Å². The van der Waals surface area contributed by atoms with Crippen LogP contribution in [0.4, 0.5) is 5.69 Å². The summed E-state index contributed by atoms with van der Waals surface area (Å²) in [7, 11) is 5.81. The Morgan fingerprint density at radius 2 is 1.75 bits per heavy atom. The predicted octanol–water partition coefficient (Wildman–Crippen LogP) is 3.86. The molecule has 3 aromatic rings. The average molecular weight is 397 g/mol. The standard InChI is InChI=1S/C21H24N4O2S/c1-15-7-5-6-8-18(15)20-22-23-21(27-20)28-14-19(26)25(4)13-16-9-11-17(12-10-16)24(2)3/h5-12H,13-14H2,1-4H3. The summed E-state index contributed by atoms with van der Waals surface area (Å²) in [6.45, 7) is 2.56. The number of carbonyl (C=O) groups is 1. The summed E-state index contributed by atoms with van der Waals surface area (Å²) >= 11 is 1.26. The lowest BCUT2D eigenvalue weighted by atomic mass is 10.1. The second-order valence-corrected chi connectivity index (χ2v) is 7.71. The first-order valence-corrected chi connectivity index (χ1v) is 9.95. The lowest BCUT2D eigenvalue weighted by molar-refractivity contribution is -0.127. The van der Waals surface area contributed by atoms with Gasteiger partial charge in [-0.1, -0.05) is 42.1 Å². The topological polar surface area (TPSA) is 62.5 Å². The van der Waals surface area contributed by atoms with Crippen LogP contribution in [0.2, 0.25) is 0 Å². The van der Waals surface area contributed by atoms with Crippen LogP contribution in [-0.2, 0) is 11.3 Å². The molecule has 0 radical (unpaired) electrons. The van der Waals surface area contributed by atoms with Crippen molar-refractivity contribution in [1.29, 1.82) is 0 Å². The Bertz CT molecular complexity index is 938. The van der Waals surface area contributed by atoms with E-state index in [4.69, 9.17) is 4.42 Å². The van der Waals surface area contributed by atoms with Gasteiger partial charge in [0.25, 0.3) is 5.22 Å². The van der Waals surface area contributed by atoms with E-state index in [-0.39, 0.29) is 11.7 Å². The Kier molecular flexibility index (Phi) is 6.36. The van der Waals surface area contributed by atoms with Crippen LogP contribution in [0.3, 0.4) is 0 Å². The number of anilines is 1. The van der Waals surface area contributed by atoms with Crippen molar-refractivity contribution in [2.75, 3.05) is 31.8 Å². The van der Waals surface area contributed by atoms with Crippen molar-refractivity contribution in [2.24, 2.45) is 0 Å². The Morgan fingerprint density at radius 3 is 2.43 bits per heavy atom. The van der Waals surface area contributed by atoms with Gasteiger partial charge in [0.1, 0.15) is 0 Å².